The molecule has 0 bridgehead atoms. The third-order valence-electron chi connectivity index (χ3n) is 4.03. The minimum absolute atomic E-state index is 0.628. The zero-order valence-corrected chi connectivity index (χ0v) is 12.1. The molecule has 1 aromatic rings. The molecule has 0 amide bonds. The van der Waals surface area contributed by atoms with Crippen LogP contribution in [0.2, 0.25) is 0 Å². The molecule has 1 unspecified atom stereocenters. The van der Waals surface area contributed by atoms with E-state index in [1.165, 1.54) is 6.42 Å². The molecule has 1 N–H and O–H groups in total. The fourth-order valence-electron chi connectivity index (χ4n) is 2.96. The molecule has 3 rings (SSSR count). The highest BCUT2D eigenvalue weighted by atomic mass is 16.5. The summed E-state index contributed by atoms with van der Waals surface area (Å²) in [5, 5.41) is 3.22. The van der Waals surface area contributed by atoms with Crippen LogP contribution in [0.5, 0.6) is 0 Å². The van der Waals surface area contributed by atoms with Gasteiger partial charge in [0, 0.05) is 38.8 Å². The first-order valence-corrected chi connectivity index (χ1v) is 7.49. The molecule has 110 valence electrons. The second-order valence-electron chi connectivity index (χ2n) is 5.33. The lowest BCUT2D eigenvalue weighted by molar-refractivity contribution is 0.0209. The summed E-state index contributed by atoms with van der Waals surface area (Å²) in [6.45, 7) is 8.89. The van der Waals surface area contributed by atoms with Crippen molar-refractivity contribution in [3.63, 3.8) is 0 Å². The van der Waals surface area contributed by atoms with Gasteiger partial charge in [-0.25, -0.2) is 4.98 Å². The Balaban J connectivity index is 1.62. The van der Waals surface area contributed by atoms with Crippen LogP contribution in [0.3, 0.4) is 0 Å². The lowest BCUT2D eigenvalue weighted by atomic mass is 10.2. The van der Waals surface area contributed by atoms with Crippen LogP contribution in [0.1, 0.15) is 13.3 Å². The molecule has 0 radical (unpaired) electrons. The molecular weight excluding hydrogens is 254 g/mol. The number of hydrogen-bond acceptors (Lipinski definition) is 6. The van der Waals surface area contributed by atoms with Crippen molar-refractivity contribution in [2.45, 2.75) is 19.4 Å². The third-order valence-corrected chi connectivity index (χ3v) is 4.03. The van der Waals surface area contributed by atoms with Gasteiger partial charge in [-0.3, -0.25) is 9.88 Å². The van der Waals surface area contributed by atoms with E-state index in [9.17, 15) is 0 Å². The Morgan fingerprint density at radius 2 is 2.15 bits per heavy atom. The number of nitrogens with one attached hydrogen (secondary N) is 1. The van der Waals surface area contributed by atoms with Gasteiger partial charge >= 0.3 is 0 Å². The maximum atomic E-state index is 5.43. The highest BCUT2D eigenvalue weighted by molar-refractivity contribution is 5.44. The Morgan fingerprint density at radius 3 is 2.95 bits per heavy atom. The summed E-state index contributed by atoms with van der Waals surface area (Å²) in [5.41, 5.74) is 0. The Hall–Kier alpha value is -1.40. The average molecular weight is 277 g/mol. The van der Waals surface area contributed by atoms with E-state index in [1.54, 1.807) is 6.20 Å². The third kappa shape index (κ3) is 3.02. The summed E-state index contributed by atoms with van der Waals surface area (Å²) < 4.78 is 5.43. The molecule has 1 atom stereocenters. The van der Waals surface area contributed by atoms with Crippen molar-refractivity contribution in [1.82, 2.24) is 14.9 Å². The summed E-state index contributed by atoms with van der Waals surface area (Å²) in [5.74, 6) is 1.85. The topological polar surface area (TPSA) is 53.5 Å². The van der Waals surface area contributed by atoms with Crippen LogP contribution in [0.4, 0.5) is 11.6 Å². The van der Waals surface area contributed by atoms with Gasteiger partial charge in [0.15, 0.2) is 0 Å². The molecule has 3 heterocycles. The van der Waals surface area contributed by atoms with Gasteiger partial charge in [0.25, 0.3) is 0 Å². The number of rotatable bonds is 4. The number of aromatic nitrogens is 2. The maximum absolute atomic E-state index is 5.43. The fourth-order valence-corrected chi connectivity index (χ4v) is 2.96. The molecule has 1 aromatic heterocycles. The number of anilines is 2. The molecule has 2 aliphatic heterocycles. The van der Waals surface area contributed by atoms with Crippen LogP contribution in [-0.4, -0.2) is 66.8 Å². The number of hydrogen-bond donors (Lipinski definition) is 1. The molecular formula is C14H23N5O. The Kier molecular flexibility index (Phi) is 4.32. The predicted octanol–water partition coefficient (Wildman–Crippen LogP) is 0.819. The average Bonchev–Trinajstić information content (AvgIpc) is 2.99. The van der Waals surface area contributed by atoms with Gasteiger partial charge in [0.1, 0.15) is 11.6 Å². The summed E-state index contributed by atoms with van der Waals surface area (Å²) in [6, 6.07) is 0.628. The first kappa shape index (κ1) is 13.6. The fraction of sp³-hybridized carbons (Fsp3) is 0.714. The van der Waals surface area contributed by atoms with E-state index in [4.69, 9.17) is 4.74 Å². The molecule has 2 saturated heterocycles. The van der Waals surface area contributed by atoms with E-state index < -0.39 is 0 Å². The summed E-state index contributed by atoms with van der Waals surface area (Å²) >= 11 is 0. The van der Waals surface area contributed by atoms with Crippen molar-refractivity contribution >= 4 is 11.6 Å². The zero-order valence-electron chi connectivity index (χ0n) is 12.1. The molecule has 20 heavy (non-hydrogen) atoms. The van der Waals surface area contributed by atoms with Gasteiger partial charge in [0.05, 0.1) is 25.6 Å². The zero-order chi connectivity index (χ0) is 13.8. The van der Waals surface area contributed by atoms with Crippen LogP contribution in [0.15, 0.2) is 12.4 Å². The van der Waals surface area contributed by atoms with E-state index in [1.807, 2.05) is 6.20 Å². The van der Waals surface area contributed by atoms with E-state index in [2.05, 4.69) is 32.0 Å². The monoisotopic (exact) mass is 277 g/mol. The first-order valence-electron chi connectivity index (χ1n) is 7.49. The number of ether oxygens (including phenoxy) is 1. The molecule has 2 aliphatic rings. The van der Waals surface area contributed by atoms with Gasteiger partial charge < -0.3 is 15.0 Å². The second kappa shape index (κ2) is 6.37. The van der Waals surface area contributed by atoms with Crippen LogP contribution < -0.4 is 10.2 Å². The van der Waals surface area contributed by atoms with Crippen molar-refractivity contribution in [2.24, 2.45) is 0 Å². The molecule has 0 aromatic carbocycles. The second-order valence-corrected chi connectivity index (χ2v) is 5.33. The summed E-state index contributed by atoms with van der Waals surface area (Å²) in [7, 11) is 0. The van der Waals surface area contributed by atoms with Gasteiger partial charge in [-0.2, -0.15) is 0 Å². The van der Waals surface area contributed by atoms with E-state index in [0.717, 1.165) is 57.6 Å². The predicted molar refractivity (Wildman–Crippen MR) is 79.2 cm³/mol. The van der Waals surface area contributed by atoms with Crippen LogP contribution in [0, 0.1) is 0 Å². The van der Waals surface area contributed by atoms with Gasteiger partial charge in [-0.05, 0) is 13.3 Å². The lowest BCUT2D eigenvalue weighted by Gasteiger charge is -2.32. The molecule has 2 fully saturated rings. The Morgan fingerprint density at radius 1 is 1.30 bits per heavy atom. The van der Waals surface area contributed by atoms with Crippen LogP contribution in [-0.2, 0) is 4.74 Å². The SMILES string of the molecule is CCNc1cncc(N2CCC(N3CCOCC3)C2)n1. The quantitative estimate of drug-likeness (QED) is 0.879. The molecule has 6 nitrogen and oxygen atoms in total. The molecule has 6 heteroatoms. The van der Waals surface area contributed by atoms with Gasteiger partial charge in [0.2, 0.25) is 0 Å². The van der Waals surface area contributed by atoms with Crippen LogP contribution >= 0.6 is 0 Å². The highest BCUT2D eigenvalue weighted by Crippen LogP contribution is 2.22. The van der Waals surface area contributed by atoms with Crippen LogP contribution in [0.25, 0.3) is 0 Å². The highest BCUT2D eigenvalue weighted by Gasteiger charge is 2.29. The van der Waals surface area contributed by atoms with E-state index in [0.29, 0.717) is 6.04 Å². The van der Waals surface area contributed by atoms with Crippen molar-refractivity contribution in [3.05, 3.63) is 12.4 Å². The molecule has 0 aliphatic carbocycles. The van der Waals surface area contributed by atoms with E-state index >= 15 is 0 Å². The van der Waals surface area contributed by atoms with E-state index in [-0.39, 0.29) is 0 Å². The van der Waals surface area contributed by atoms with Crippen molar-refractivity contribution in [2.75, 3.05) is 56.2 Å². The number of nitrogens with zero attached hydrogens (tertiary/aromatic N) is 4. The van der Waals surface area contributed by atoms with Gasteiger partial charge in [-0.1, -0.05) is 0 Å². The van der Waals surface area contributed by atoms with Gasteiger partial charge in [-0.15, -0.1) is 0 Å². The van der Waals surface area contributed by atoms with Crippen molar-refractivity contribution in [1.29, 1.82) is 0 Å². The lowest BCUT2D eigenvalue weighted by Crippen LogP contribution is -2.44. The smallest absolute Gasteiger partial charge is 0.149 e. The Bertz CT molecular complexity index is 435. The minimum Gasteiger partial charge on any atom is -0.379 e. The number of morpholine rings is 1. The van der Waals surface area contributed by atoms with Crippen molar-refractivity contribution < 1.29 is 4.74 Å². The maximum Gasteiger partial charge on any atom is 0.149 e. The molecule has 0 spiro atoms. The largest absolute Gasteiger partial charge is 0.379 e. The first-order chi connectivity index (χ1) is 9.86. The standard InChI is InChI=1S/C14H23N5O/c1-2-16-13-9-15-10-14(17-13)19-4-3-12(11-19)18-5-7-20-8-6-18/h9-10,12H,2-8,11H2,1H3,(H,16,17). The Labute approximate surface area is 120 Å². The summed E-state index contributed by atoms with van der Waals surface area (Å²) in [4.78, 5) is 13.8. The molecule has 0 saturated carbocycles. The summed E-state index contributed by atoms with van der Waals surface area (Å²) in [6.07, 6.45) is 4.85. The minimum atomic E-state index is 0.628. The normalized spacial score (nSPS) is 24.1. The van der Waals surface area contributed by atoms with Crippen molar-refractivity contribution in [3.8, 4) is 0 Å².